The second-order valence-corrected chi connectivity index (χ2v) is 6.36. The number of aromatic amines is 1. The summed E-state index contributed by atoms with van der Waals surface area (Å²) in [4.78, 5) is 49.8. The number of nitro groups is 1. The Morgan fingerprint density at radius 3 is 2.43 bits per heavy atom. The standard InChI is InChI=1S/C18H17ClN2O7/c1-8-14(18(24)27-4)9(2)20-15(8)16(22)10(3)28-17(23)12-7-11(21(25)26)5-6-13(12)19/h5-7,10,20H,1-4H3/t10-/m0/s1. The first kappa shape index (κ1) is 21.1. The Kier molecular flexibility index (Phi) is 6.19. The molecule has 0 saturated carbocycles. The molecule has 0 amide bonds. The van der Waals surface area contributed by atoms with Crippen LogP contribution in [-0.2, 0) is 9.47 Å². The van der Waals surface area contributed by atoms with Gasteiger partial charge >= 0.3 is 11.9 Å². The lowest BCUT2D eigenvalue weighted by atomic mass is 10.1. The number of benzene rings is 1. The van der Waals surface area contributed by atoms with Gasteiger partial charge in [0.15, 0.2) is 6.10 Å². The summed E-state index contributed by atoms with van der Waals surface area (Å²) in [5.74, 6) is -2.16. The maximum absolute atomic E-state index is 12.7. The Balaban J connectivity index is 2.26. The Morgan fingerprint density at radius 1 is 1.21 bits per heavy atom. The number of methoxy groups -OCH3 is 1. The van der Waals surface area contributed by atoms with Crippen LogP contribution < -0.4 is 0 Å². The lowest BCUT2D eigenvalue weighted by Gasteiger charge is -2.13. The SMILES string of the molecule is COC(=O)c1c(C)[nH]c(C(=O)[C@H](C)OC(=O)c2cc([N+](=O)[O-])ccc2Cl)c1C. The highest BCUT2D eigenvalue weighted by Gasteiger charge is 2.28. The third-order valence-corrected chi connectivity index (χ3v) is 4.44. The number of nitrogens with one attached hydrogen (secondary N) is 1. The van der Waals surface area contributed by atoms with Crippen LogP contribution in [0.4, 0.5) is 5.69 Å². The van der Waals surface area contributed by atoms with Gasteiger partial charge in [0.25, 0.3) is 5.69 Å². The van der Waals surface area contributed by atoms with Gasteiger partial charge in [-0.1, -0.05) is 11.6 Å². The van der Waals surface area contributed by atoms with E-state index in [1.54, 1.807) is 13.8 Å². The minimum Gasteiger partial charge on any atom is -0.465 e. The Bertz CT molecular complexity index is 981. The third kappa shape index (κ3) is 4.04. The van der Waals surface area contributed by atoms with Crippen molar-refractivity contribution in [3.63, 3.8) is 0 Å². The average Bonchev–Trinajstić information content (AvgIpc) is 2.94. The van der Waals surface area contributed by atoms with Crippen LogP contribution >= 0.6 is 11.6 Å². The van der Waals surface area contributed by atoms with E-state index >= 15 is 0 Å². The lowest BCUT2D eigenvalue weighted by molar-refractivity contribution is -0.384. The highest BCUT2D eigenvalue weighted by atomic mass is 35.5. The van der Waals surface area contributed by atoms with E-state index < -0.39 is 28.7 Å². The molecule has 28 heavy (non-hydrogen) atoms. The number of halogens is 1. The number of ketones is 1. The van der Waals surface area contributed by atoms with Crippen molar-refractivity contribution in [2.75, 3.05) is 7.11 Å². The van der Waals surface area contributed by atoms with Gasteiger partial charge in [-0.05, 0) is 32.4 Å². The predicted octanol–water partition coefficient (Wildman–Crippen LogP) is 3.41. The number of rotatable bonds is 6. The van der Waals surface area contributed by atoms with E-state index in [9.17, 15) is 24.5 Å². The number of hydrogen-bond acceptors (Lipinski definition) is 7. The average molecular weight is 409 g/mol. The number of esters is 2. The molecule has 0 fully saturated rings. The van der Waals surface area contributed by atoms with E-state index in [1.165, 1.54) is 20.1 Å². The number of nitrogens with zero attached hydrogens (tertiary/aromatic N) is 1. The maximum Gasteiger partial charge on any atom is 0.340 e. The fourth-order valence-corrected chi connectivity index (χ4v) is 2.86. The normalized spacial score (nSPS) is 11.6. The number of nitro benzene ring substituents is 1. The van der Waals surface area contributed by atoms with E-state index in [2.05, 4.69) is 4.98 Å². The van der Waals surface area contributed by atoms with E-state index in [1.807, 2.05) is 0 Å². The van der Waals surface area contributed by atoms with E-state index in [0.717, 1.165) is 12.1 Å². The van der Waals surface area contributed by atoms with Crippen molar-refractivity contribution in [2.24, 2.45) is 0 Å². The molecule has 0 bridgehead atoms. The first-order valence-corrected chi connectivity index (χ1v) is 8.42. The Labute approximate surface area is 164 Å². The fourth-order valence-electron chi connectivity index (χ4n) is 2.67. The van der Waals surface area contributed by atoms with E-state index in [-0.39, 0.29) is 27.5 Å². The molecule has 1 aromatic carbocycles. The molecule has 1 N–H and O–H groups in total. The number of carbonyl (C=O) groups is 3. The molecule has 10 heteroatoms. The second-order valence-electron chi connectivity index (χ2n) is 5.95. The van der Waals surface area contributed by atoms with Crippen LogP contribution in [0.2, 0.25) is 5.02 Å². The summed E-state index contributed by atoms with van der Waals surface area (Å²) < 4.78 is 9.82. The smallest absolute Gasteiger partial charge is 0.340 e. The van der Waals surface area contributed by atoms with E-state index in [0.29, 0.717) is 11.3 Å². The second kappa shape index (κ2) is 8.22. The summed E-state index contributed by atoms with van der Waals surface area (Å²) in [5, 5.41) is 10.8. The van der Waals surface area contributed by atoms with Crippen LogP contribution in [0.1, 0.15) is 49.4 Å². The summed E-state index contributed by atoms with van der Waals surface area (Å²) in [6.07, 6.45) is -1.23. The van der Waals surface area contributed by atoms with Crippen molar-refractivity contribution in [2.45, 2.75) is 26.9 Å². The summed E-state index contributed by atoms with van der Waals surface area (Å²) in [5.41, 5.74) is 0.562. The Morgan fingerprint density at radius 2 is 1.86 bits per heavy atom. The van der Waals surface area contributed by atoms with Gasteiger partial charge in [0, 0.05) is 17.8 Å². The zero-order valence-electron chi connectivity index (χ0n) is 15.5. The quantitative estimate of drug-likeness (QED) is 0.335. The minimum atomic E-state index is -1.23. The van der Waals surface area contributed by atoms with Gasteiger partial charge in [-0.2, -0.15) is 0 Å². The molecule has 9 nitrogen and oxygen atoms in total. The zero-order chi connectivity index (χ0) is 21.2. The first-order chi connectivity index (χ1) is 13.1. The molecule has 0 aliphatic carbocycles. The Hall–Kier alpha value is -3.20. The minimum absolute atomic E-state index is 0.0462. The van der Waals surface area contributed by atoms with Crippen molar-refractivity contribution in [3.05, 3.63) is 61.4 Å². The summed E-state index contributed by atoms with van der Waals surface area (Å²) in [6.45, 7) is 4.52. The van der Waals surface area contributed by atoms with Gasteiger partial charge in [0.1, 0.15) is 0 Å². The lowest BCUT2D eigenvalue weighted by Crippen LogP contribution is -2.25. The number of aromatic nitrogens is 1. The molecule has 2 aromatic rings. The van der Waals surface area contributed by atoms with Gasteiger partial charge in [-0.3, -0.25) is 14.9 Å². The zero-order valence-corrected chi connectivity index (χ0v) is 16.2. The van der Waals surface area contributed by atoms with Gasteiger partial charge < -0.3 is 14.5 Å². The summed E-state index contributed by atoms with van der Waals surface area (Å²) >= 11 is 5.91. The van der Waals surface area contributed by atoms with Crippen LogP contribution in [0.5, 0.6) is 0 Å². The van der Waals surface area contributed by atoms with Crippen LogP contribution in [0, 0.1) is 24.0 Å². The van der Waals surface area contributed by atoms with Gasteiger partial charge in [0.05, 0.1) is 33.9 Å². The van der Waals surface area contributed by atoms with Crippen LogP contribution in [0.15, 0.2) is 18.2 Å². The first-order valence-electron chi connectivity index (χ1n) is 8.05. The number of ether oxygens (including phenoxy) is 2. The largest absolute Gasteiger partial charge is 0.465 e. The van der Waals surface area contributed by atoms with Gasteiger partial charge in [-0.15, -0.1) is 0 Å². The third-order valence-electron chi connectivity index (χ3n) is 4.11. The van der Waals surface area contributed by atoms with Crippen molar-refractivity contribution in [3.8, 4) is 0 Å². The molecular weight excluding hydrogens is 392 g/mol. The molecule has 2 rings (SSSR count). The molecule has 148 valence electrons. The number of non-ortho nitro benzene ring substituents is 1. The monoisotopic (exact) mass is 408 g/mol. The number of hydrogen-bond donors (Lipinski definition) is 1. The van der Waals surface area contributed by atoms with Gasteiger partial charge in [0.2, 0.25) is 5.78 Å². The van der Waals surface area contributed by atoms with Crippen molar-refractivity contribution in [1.82, 2.24) is 4.98 Å². The molecular formula is C18H17ClN2O7. The molecule has 0 aliphatic heterocycles. The molecule has 0 aliphatic rings. The number of H-pyrrole nitrogens is 1. The molecule has 0 spiro atoms. The van der Waals surface area contributed by atoms with Gasteiger partial charge in [-0.25, -0.2) is 9.59 Å². The predicted molar refractivity (Wildman–Crippen MR) is 98.9 cm³/mol. The van der Waals surface area contributed by atoms with Crippen LogP contribution in [0.25, 0.3) is 0 Å². The number of Topliss-reactive ketones (excluding diaryl/α,β-unsaturated/α-hetero) is 1. The maximum atomic E-state index is 12.7. The van der Waals surface area contributed by atoms with Crippen molar-refractivity contribution in [1.29, 1.82) is 0 Å². The van der Waals surface area contributed by atoms with Crippen molar-refractivity contribution >= 4 is 35.0 Å². The summed E-state index contributed by atoms with van der Waals surface area (Å²) in [7, 11) is 1.23. The van der Waals surface area contributed by atoms with Crippen LogP contribution in [-0.4, -0.2) is 40.8 Å². The molecule has 0 saturated heterocycles. The fraction of sp³-hybridized carbons (Fsp3) is 0.278. The van der Waals surface area contributed by atoms with Crippen LogP contribution in [0.3, 0.4) is 0 Å². The molecule has 1 heterocycles. The summed E-state index contributed by atoms with van der Waals surface area (Å²) in [6, 6.07) is 3.32. The highest BCUT2D eigenvalue weighted by molar-refractivity contribution is 6.33. The molecule has 1 atom stereocenters. The molecule has 0 radical (unpaired) electrons. The highest BCUT2D eigenvalue weighted by Crippen LogP contribution is 2.24. The number of aryl methyl sites for hydroxylation is 1. The van der Waals surface area contributed by atoms with Crippen molar-refractivity contribution < 1.29 is 28.8 Å². The topological polar surface area (TPSA) is 129 Å². The molecule has 1 aromatic heterocycles. The number of carbonyl (C=O) groups excluding carboxylic acids is 3. The van der Waals surface area contributed by atoms with E-state index in [4.69, 9.17) is 21.1 Å². The molecule has 0 unspecified atom stereocenters.